The van der Waals surface area contributed by atoms with Gasteiger partial charge in [-0.25, -0.2) is 0 Å². The fraction of sp³-hybridized carbons (Fsp3) is 0.533. The molecule has 0 bridgehead atoms. The van der Waals surface area contributed by atoms with Gasteiger partial charge in [-0.1, -0.05) is 17.7 Å². The molecule has 0 unspecified atom stereocenters. The first-order valence-electron chi connectivity index (χ1n) is 6.79. The topological polar surface area (TPSA) is 50.5 Å². The molecule has 0 radical (unpaired) electrons. The van der Waals surface area contributed by atoms with Crippen molar-refractivity contribution in [2.45, 2.75) is 19.4 Å². The summed E-state index contributed by atoms with van der Waals surface area (Å²) in [7, 11) is 0. The summed E-state index contributed by atoms with van der Waals surface area (Å²) in [6.45, 7) is 7.74. The molecule has 0 saturated carbocycles. The van der Waals surface area contributed by atoms with Gasteiger partial charge in [-0.2, -0.15) is 5.26 Å². The number of hydrogen-bond donors (Lipinski definition) is 1. The van der Waals surface area contributed by atoms with Gasteiger partial charge in [0.05, 0.1) is 21.9 Å². The molecular weight excluding hydrogens is 274 g/mol. The maximum atomic E-state index is 9.86. The maximum absolute atomic E-state index is 9.86. The first-order chi connectivity index (χ1) is 9.40. The van der Waals surface area contributed by atoms with Crippen molar-refractivity contribution in [2.75, 3.05) is 37.6 Å². The second-order valence-corrected chi connectivity index (χ2v) is 6.23. The van der Waals surface area contributed by atoms with Gasteiger partial charge in [0.25, 0.3) is 0 Å². The van der Waals surface area contributed by atoms with Crippen LogP contribution in [0.4, 0.5) is 5.69 Å². The molecule has 1 aromatic rings. The number of β-amino-alcohol motifs (C(OH)–C–C–N with tert-alkyl or cyclic N) is 1. The van der Waals surface area contributed by atoms with Gasteiger partial charge in [-0.05, 0) is 26.0 Å². The number of hydrogen-bond acceptors (Lipinski definition) is 4. The minimum Gasteiger partial charge on any atom is -0.389 e. The van der Waals surface area contributed by atoms with Crippen LogP contribution >= 0.6 is 11.6 Å². The number of benzene rings is 1. The summed E-state index contributed by atoms with van der Waals surface area (Å²) < 4.78 is 0. The van der Waals surface area contributed by atoms with E-state index in [0.29, 0.717) is 17.1 Å². The van der Waals surface area contributed by atoms with Gasteiger partial charge in [0, 0.05) is 32.7 Å². The van der Waals surface area contributed by atoms with Crippen molar-refractivity contribution in [1.29, 1.82) is 5.26 Å². The van der Waals surface area contributed by atoms with Gasteiger partial charge in [0.15, 0.2) is 0 Å². The summed E-state index contributed by atoms with van der Waals surface area (Å²) in [5.74, 6) is 0. The summed E-state index contributed by atoms with van der Waals surface area (Å²) in [5, 5.41) is 19.6. The number of nitriles is 1. The third-order valence-corrected chi connectivity index (χ3v) is 3.74. The molecule has 1 aliphatic rings. The van der Waals surface area contributed by atoms with E-state index >= 15 is 0 Å². The van der Waals surface area contributed by atoms with E-state index in [2.05, 4.69) is 15.9 Å². The van der Waals surface area contributed by atoms with E-state index in [1.165, 1.54) is 0 Å². The lowest BCUT2D eigenvalue weighted by molar-refractivity contribution is 0.0345. The fourth-order valence-corrected chi connectivity index (χ4v) is 2.79. The lowest BCUT2D eigenvalue weighted by Gasteiger charge is -2.38. The zero-order valence-corrected chi connectivity index (χ0v) is 12.7. The van der Waals surface area contributed by atoms with E-state index in [-0.39, 0.29) is 0 Å². The Labute approximate surface area is 125 Å². The maximum Gasteiger partial charge on any atom is 0.103 e. The van der Waals surface area contributed by atoms with Crippen LogP contribution in [0.2, 0.25) is 5.02 Å². The number of anilines is 1. The molecule has 4 nitrogen and oxygen atoms in total. The highest BCUT2D eigenvalue weighted by Gasteiger charge is 2.24. The van der Waals surface area contributed by atoms with Gasteiger partial charge in [0.1, 0.15) is 6.07 Å². The molecule has 20 heavy (non-hydrogen) atoms. The molecule has 0 aliphatic carbocycles. The first kappa shape index (κ1) is 15.1. The normalized spacial score (nSPS) is 17.1. The Morgan fingerprint density at radius 3 is 2.50 bits per heavy atom. The summed E-state index contributed by atoms with van der Waals surface area (Å²) in [5.41, 5.74) is 0.781. The molecule has 5 heteroatoms. The van der Waals surface area contributed by atoms with Crippen molar-refractivity contribution in [1.82, 2.24) is 4.90 Å². The monoisotopic (exact) mass is 293 g/mol. The minimum absolute atomic E-state index is 0.504. The van der Waals surface area contributed by atoms with Crippen LogP contribution in [0.25, 0.3) is 0 Å². The third kappa shape index (κ3) is 3.63. The Balaban J connectivity index is 2.05. The molecule has 1 aromatic carbocycles. The van der Waals surface area contributed by atoms with Crippen molar-refractivity contribution in [2.24, 2.45) is 0 Å². The van der Waals surface area contributed by atoms with Gasteiger partial charge < -0.3 is 10.0 Å². The molecule has 1 aliphatic heterocycles. The number of piperazine rings is 1. The molecule has 1 heterocycles. The molecule has 1 saturated heterocycles. The third-order valence-electron chi connectivity index (χ3n) is 3.43. The molecular formula is C15H20ClN3O. The van der Waals surface area contributed by atoms with E-state index in [0.717, 1.165) is 31.9 Å². The van der Waals surface area contributed by atoms with Gasteiger partial charge in [-0.3, -0.25) is 4.90 Å². The Hall–Kier alpha value is -1.28. The molecule has 0 amide bonds. The number of halogens is 1. The highest BCUT2D eigenvalue weighted by atomic mass is 35.5. The summed E-state index contributed by atoms with van der Waals surface area (Å²) >= 11 is 6.07. The molecule has 108 valence electrons. The second-order valence-electron chi connectivity index (χ2n) is 5.82. The van der Waals surface area contributed by atoms with Crippen LogP contribution in [0.1, 0.15) is 19.4 Å². The largest absolute Gasteiger partial charge is 0.389 e. The number of rotatable bonds is 3. The van der Waals surface area contributed by atoms with E-state index in [4.69, 9.17) is 11.6 Å². The van der Waals surface area contributed by atoms with E-state index in [1.807, 2.05) is 26.0 Å². The average Bonchev–Trinajstić information content (AvgIpc) is 2.37. The van der Waals surface area contributed by atoms with Crippen molar-refractivity contribution in [3.63, 3.8) is 0 Å². The summed E-state index contributed by atoms with van der Waals surface area (Å²) in [6, 6.07) is 7.74. The number of aliphatic hydroxyl groups is 1. The zero-order valence-electron chi connectivity index (χ0n) is 11.9. The lowest BCUT2D eigenvalue weighted by Crippen LogP contribution is -2.50. The van der Waals surface area contributed by atoms with Crippen LogP contribution in [0.5, 0.6) is 0 Å². The standard InChI is InChI=1S/C15H20ClN3O/c1-15(2,20)11-18-6-8-19(9-7-18)14-5-3-4-13(16)12(14)10-17/h3-5,20H,6-9,11H2,1-2H3. The Kier molecular flexibility index (Phi) is 4.54. The van der Waals surface area contributed by atoms with E-state index in [1.54, 1.807) is 6.07 Å². The Bertz CT molecular complexity index is 511. The average molecular weight is 294 g/mol. The van der Waals surface area contributed by atoms with Crippen LogP contribution in [0, 0.1) is 11.3 Å². The van der Waals surface area contributed by atoms with Crippen LogP contribution in [-0.4, -0.2) is 48.3 Å². The minimum atomic E-state index is -0.671. The fourth-order valence-electron chi connectivity index (χ4n) is 2.58. The zero-order chi connectivity index (χ0) is 14.8. The van der Waals surface area contributed by atoms with Crippen LogP contribution < -0.4 is 4.90 Å². The van der Waals surface area contributed by atoms with Crippen molar-refractivity contribution >= 4 is 17.3 Å². The van der Waals surface area contributed by atoms with Crippen LogP contribution in [0.15, 0.2) is 18.2 Å². The van der Waals surface area contributed by atoms with Gasteiger partial charge in [-0.15, -0.1) is 0 Å². The number of nitrogens with zero attached hydrogens (tertiary/aromatic N) is 3. The van der Waals surface area contributed by atoms with Crippen molar-refractivity contribution in [3.8, 4) is 6.07 Å². The smallest absolute Gasteiger partial charge is 0.103 e. The van der Waals surface area contributed by atoms with E-state index in [9.17, 15) is 10.4 Å². The highest BCUT2D eigenvalue weighted by Crippen LogP contribution is 2.27. The van der Waals surface area contributed by atoms with Gasteiger partial charge >= 0.3 is 0 Å². The molecule has 0 aromatic heterocycles. The Morgan fingerprint density at radius 1 is 1.30 bits per heavy atom. The lowest BCUT2D eigenvalue weighted by atomic mass is 10.1. The predicted octanol–water partition coefficient (Wildman–Crippen LogP) is 2.10. The second kappa shape index (κ2) is 6.01. The summed E-state index contributed by atoms with van der Waals surface area (Å²) in [4.78, 5) is 4.43. The summed E-state index contributed by atoms with van der Waals surface area (Å²) in [6.07, 6.45) is 0. The molecule has 1 N–H and O–H groups in total. The van der Waals surface area contributed by atoms with E-state index < -0.39 is 5.60 Å². The highest BCUT2D eigenvalue weighted by molar-refractivity contribution is 6.32. The van der Waals surface area contributed by atoms with Crippen molar-refractivity contribution < 1.29 is 5.11 Å². The van der Waals surface area contributed by atoms with Crippen molar-refractivity contribution in [3.05, 3.63) is 28.8 Å². The van der Waals surface area contributed by atoms with Crippen LogP contribution in [-0.2, 0) is 0 Å². The molecule has 1 fully saturated rings. The predicted molar refractivity (Wildman–Crippen MR) is 81.1 cm³/mol. The quantitative estimate of drug-likeness (QED) is 0.927. The molecule has 2 rings (SSSR count). The first-order valence-corrected chi connectivity index (χ1v) is 7.17. The van der Waals surface area contributed by atoms with Crippen LogP contribution in [0.3, 0.4) is 0 Å². The van der Waals surface area contributed by atoms with Gasteiger partial charge in [0.2, 0.25) is 0 Å². The molecule has 0 spiro atoms. The SMILES string of the molecule is CC(C)(O)CN1CCN(c2cccc(Cl)c2C#N)CC1. The Morgan fingerprint density at radius 2 is 1.95 bits per heavy atom. The molecule has 0 atom stereocenters.